The van der Waals surface area contributed by atoms with Crippen LogP contribution in [0.3, 0.4) is 0 Å². The summed E-state index contributed by atoms with van der Waals surface area (Å²) in [6, 6.07) is 10.7. The number of benzene rings is 1. The van der Waals surface area contributed by atoms with Gasteiger partial charge in [0, 0.05) is 19.5 Å². The standard InChI is InChI=1S/C17H26N2O.ClH/c1-14-13-19(17(20)9-6-11-18-2)12-10-16(14)15-7-4-3-5-8-15;/h3-5,7-8,14,16,18H,6,9-13H2,1-2H3;1H. The van der Waals surface area contributed by atoms with E-state index in [1.54, 1.807) is 0 Å². The predicted octanol–water partition coefficient (Wildman–Crippen LogP) is 3.06. The van der Waals surface area contributed by atoms with Gasteiger partial charge in [0.1, 0.15) is 0 Å². The van der Waals surface area contributed by atoms with Crippen LogP contribution in [0.15, 0.2) is 30.3 Å². The molecule has 0 bridgehead atoms. The van der Waals surface area contributed by atoms with Crippen molar-refractivity contribution in [3.05, 3.63) is 35.9 Å². The van der Waals surface area contributed by atoms with Gasteiger partial charge in [0.25, 0.3) is 0 Å². The lowest BCUT2D eigenvalue weighted by Gasteiger charge is -2.37. The van der Waals surface area contributed by atoms with Crippen molar-refractivity contribution in [2.45, 2.75) is 32.1 Å². The van der Waals surface area contributed by atoms with Crippen LogP contribution in [0, 0.1) is 5.92 Å². The molecule has 0 radical (unpaired) electrons. The Kier molecular flexibility index (Phi) is 7.76. The topological polar surface area (TPSA) is 32.3 Å². The molecule has 1 aromatic rings. The van der Waals surface area contributed by atoms with Crippen molar-refractivity contribution >= 4 is 18.3 Å². The summed E-state index contributed by atoms with van der Waals surface area (Å²) >= 11 is 0. The predicted molar refractivity (Wildman–Crippen MR) is 90.0 cm³/mol. The minimum atomic E-state index is 0. The lowest BCUT2D eigenvalue weighted by molar-refractivity contribution is -0.133. The maximum atomic E-state index is 12.2. The third kappa shape index (κ3) is 5.01. The van der Waals surface area contributed by atoms with Gasteiger partial charge in [0.15, 0.2) is 0 Å². The van der Waals surface area contributed by atoms with Crippen molar-refractivity contribution in [2.75, 3.05) is 26.7 Å². The number of amides is 1. The second kappa shape index (κ2) is 9.06. The smallest absolute Gasteiger partial charge is 0.222 e. The lowest BCUT2D eigenvalue weighted by atomic mass is 9.81. The van der Waals surface area contributed by atoms with Crippen LogP contribution in [0.4, 0.5) is 0 Å². The molecule has 0 spiro atoms. The van der Waals surface area contributed by atoms with Crippen LogP contribution in [-0.4, -0.2) is 37.5 Å². The number of nitrogens with zero attached hydrogens (tertiary/aromatic N) is 1. The molecule has 3 nitrogen and oxygen atoms in total. The molecule has 1 saturated heterocycles. The summed E-state index contributed by atoms with van der Waals surface area (Å²) in [6.07, 6.45) is 2.69. The van der Waals surface area contributed by atoms with Crippen LogP contribution in [-0.2, 0) is 4.79 Å². The first-order chi connectivity index (χ1) is 9.72. The number of halogens is 1. The molecule has 1 N–H and O–H groups in total. The molecule has 0 saturated carbocycles. The van der Waals surface area contributed by atoms with Gasteiger partial charge in [-0.15, -0.1) is 12.4 Å². The Bertz CT molecular complexity index is 424. The molecule has 4 heteroatoms. The van der Waals surface area contributed by atoms with Crippen LogP contribution < -0.4 is 5.32 Å². The van der Waals surface area contributed by atoms with E-state index >= 15 is 0 Å². The molecule has 0 aromatic heterocycles. The average Bonchev–Trinajstić information content (AvgIpc) is 2.48. The summed E-state index contributed by atoms with van der Waals surface area (Å²) < 4.78 is 0. The highest BCUT2D eigenvalue weighted by Gasteiger charge is 2.29. The maximum absolute atomic E-state index is 12.2. The monoisotopic (exact) mass is 310 g/mol. The summed E-state index contributed by atoms with van der Waals surface area (Å²) in [4.78, 5) is 14.2. The van der Waals surface area contributed by atoms with Gasteiger partial charge in [0.2, 0.25) is 5.91 Å². The fourth-order valence-electron chi connectivity index (χ4n) is 3.14. The van der Waals surface area contributed by atoms with Gasteiger partial charge in [-0.3, -0.25) is 4.79 Å². The van der Waals surface area contributed by atoms with Gasteiger partial charge in [-0.05, 0) is 43.8 Å². The molecule has 21 heavy (non-hydrogen) atoms. The summed E-state index contributed by atoms with van der Waals surface area (Å²) in [5.41, 5.74) is 1.42. The average molecular weight is 311 g/mol. The minimum Gasteiger partial charge on any atom is -0.342 e. The van der Waals surface area contributed by atoms with E-state index in [9.17, 15) is 4.79 Å². The lowest BCUT2D eigenvalue weighted by Crippen LogP contribution is -2.42. The largest absolute Gasteiger partial charge is 0.342 e. The number of hydrogen-bond donors (Lipinski definition) is 1. The van der Waals surface area contributed by atoms with Crippen LogP contribution >= 0.6 is 12.4 Å². The van der Waals surface area contributed by atoms with E-state index in [1.807, 2.05) is 7.05 Å². The fourth-order valence-corrected chi connectivity index (χ4v) is 3.14. The zero-order valence-corrected chi connectivity index (χ0v) is 13.9. The van der Waals surface area contributed by atoms with Gasteiger partial charge < -0.3 is 10.2 Å². The van der Waals surface area contributed by atoms with Gasteiger partial charge in [-0.25, -0.2) is 0 Å². The Balaban J connectivity index is 0.00000220. The van der Waals surface area contributed by atoms with Crippen molar-refractivity contribution in [3.8, 4) is 0 Å². The molecule has 118 valence electrons. The van der Waals surface area contributed by atoms with Crippen molar-refractivity contribution in [3.63, 3.8) is 0 Å². The molecule has 2 rings (SSSR count). The minimum absolute atomic E-state index is 0. The number of carbonyl (C=O) groups is 1. The van der Waals surface area contributed by atoms with E-state index in [0.717, 1.165) is 32.5 Å². The van der Waals surface area contributed by atoms with E-state index in [-0.39, 0.29) is 12.4 Å². The molecule has 1 aromatic carbocycles. The second-order valence-electron chi connectivity index (χ2n) is 5.83. The number of nitrogens with one attached hydrogen (secondary N) is 1. The van der Waals surface area contributed by atoms with Gasteiger partial charge in [0.05, 0.1) is 0 Å². The molecule has 1 fully saturated rings. The van der Waals surface area contributed by atoms with Gasteiger partial charge in [-0.1, -0.05) is 37.3 Å². The molecule has 1 aliphatic heterocycles. The van der Waals surface area contributed by atoms with Crippen molar-refractivity contribution in [1.82, 2.24) is 10.2 Å². The molecular formula is C17H27ClN2O. The molecule has 2 unspecified atom stereocenters. The molecule has 2 atom stereocenters. The third-order valence-electron chi connectivity index (χ3n) is 4.30. The number of likely N-dealkylation sites (tertiary alicyclic amines) is 1. The highest BCUT2D eigenvalue weighted by molar-refractivity contribution is 5.85. The molecule has 0 aliphatic carbocycles. The maximum Gasteiger partial charge on any atom is 0.222 e. The number of rotatable bonds is 5. The Morgan fingerprint density at radius 3 is 2.67 bits per heavy atom. The van der Waals surface area contributed by atoms with Crippen molar-refractivity contribution in [1.29, 1.82) is 0 Å². The Hall–Kier alpha value is -1.06. The first kappa shape index (κ1) is 18.0. The fraction of sp³-hybridized carbons (Fsp3) is 0.588. The number of piperidine rings is 1. The molecule has 1 aliphatic rings. The Labute approximate surface area is 134 Å². The van der Waals surface area contributed by atoms with Crippen LogP contribution in [0.5, 0.6) is 0 Å². The summed E-state index contributed by atoms with van der Waals surface area (Å²) in [5.74, 6) is 1.45. The van der Waals surface area contributed by atoms with E-state index in [4.69, 9.17) is 0 Å². The van der Waals surface area contributed by atoms with E-state index in [0.29, 0.717) is 24.2 Å². The van der Waals surface area contributed by atoms with Crippen LogP contribution in [0.1, 0.15) is 37.7 Å². The molecule has 1 amide bonds. The highest BCUT2D eigenvalue weighted by Crippen LogP contribution is 2.32. The quantitative estimate of drug-likeness (QED) is 0.848. The van der Waals surface area contributed by atoms with E-state index in [1.165, 1.54) is 5.56 Å². The molecular weight excluding hydrogens is 284 g/mol. The Morgan fingerprint density at radius 1 is 1.33 bits per heavy atom. The van der Waals surface area contributed by atoms with Crippen LogP contribution in [0.25, 0.3) is 0 Å². The summed E-state index contributed by atoms with van der Waals surface area (Å²) in [5, 5.41) is 3.09. The van der Waals surface area contributed by atoms with Gasteiger partial charge >= 0.3 is 0 Å². The second-order valence-corrected chi connectivity index (χ2v) is 5.83. The van der Waals surface area contributed by atoms with E-state index < -0.39 is 0 Å². The summed E-state index contributed by atoms with van der Waals surface area (Å²) in [6.45, 7) is 4.99. The first-order valence-corrected chi connectivity index (χ1v) is 7.69. The van der Waals surface area contributed by atoms with Crippen molar-refractivity contribution < 1.29 is 4.79 Å². The van der Waals surface area contributed by atoms with Gasteiger partial charge in [-0.2, -0.15) is 0 Å². The zero-order chi connectivity index (χ0) is 14.4. The molecule has 1 heterocycles. The van der Waals surface area contributed by atoms with Crippen LogP contribution in [0.2, 0.25) is 0 Å². The number of carbonyl (C=O) groups excluding carboxylic acids is 1. The summed E-state index contributed by atoms with van der Waals surface area (Å²) in [7, 11) is 1.93. The van der Waals surface area contributed by atoms with E-state index in [2.05, 4.69) is 47.5 Å². The number of hydrogen-bond acceptors (Lipinski definition) is 2. The normalized spacial score (nSPS) is 21.7. The zero-order valence-electron chi connectivity index (χ0n) is 13.0. The highest BCUT2D eigenvalue weighted by atomic mass is 35.5. The SMILES string of the molecule is CNCCCC(=O)N1CCC(c2ccccc2)C(C)C1.Cl. The Morgan fingerprint density at radius 2 is 2.05 bits per heavy atom. The first-order valence-electron chi connectivity index (χ1n) is 7.69. The van der Waals surface area contributed by atoms with Crippen molar-refractivity contribution in [2.24, 2.45) is 5.92 Å². The third-order valence-corrected chi connectivity index (χ3v) is 4.30.